The van der Waals surface area contributed by atoms with Crippen LogP contribution in [0.4, 0.5) is 0 Å². The van der Waals surface area contributed by atoms with Crippen molar-refractivity contribution in [2.24, 2.45) is 5.10 Å². The van der Waals surface area contributed by atoms with Crippen LogP contribution in [0.25, 0.3) is 0 Å². The van der Waals surface area contributed by atoms with E-state index < -0.39 is 6.23 Å². The van der Waals surface area contributed by atoms with Gasteiger partial charge < -0.3 is 5.11 Å². The van der Waals surface area contributed by atoms with Crippen molar-refractivity contribution in [1.82, 2.24) is 5.01 Å². The molecule has 1 N–H and O–H groups in total. The third-order valence-electron chi connectivity index (χ3n) is 2.27. The van der Waals surface area contributed by atoms with Crippen molar-refractivity contribution in [3.63, 3.8) is 0 Å². The van der Waals surface area contributed by atoms with Crippen LogP contribution in [0.5, 0.6) is 0 Å². The fourth-order valence-corrected chi connectivity index (χ4v) is 1.83. The van der Waals surface area contributed by atoms with E-state index in [2.05, 4.69) is 5.10 Å². The molecule has 1 aliphatic rings. The molecule has 0 aromatic heterocycles. The van der Waals surface area contributed by atoms with Crippen molar-refractivity contribution in [2.45, 2.75) is 19.6 Å². The topological polar surface area (TPSA) is 35.8 Å². The highest BCUT2D eigenvalue weighted by Gasteiger charge is 2.25. The van der Waals surface area contributed by atoms with Gasteiger partial charge >= 0.3 is 0 Å². The minimum Gasteiger partial charge on any atom is -0.371 e. The Bertz CT molecular complexity index is 402. The minimum atomic E-state index is -0.613. The Balaban J connectivity index is 2.23. The molecule has 1 unspecified atom stereocenters. The van der Waals surface area contributed by atoms with E-state index in [1.54, 1.807) is 0 Å². The third kappa shape index (κ3) is 2.06. The maximum absolute atomic E-state index is 9.71. The van der Waals surface area contributed by atoms with Gasteiger partial charge in [0, 0.05) is 17.7 Å². The average molecular weight is 220 g/mol. The predicted molar refractivity (Wildman–Crippen MR) is 63.7 cm³/mol. The van der Waals surface area contributed by atoms with Gasteiger partial charge in [0.05, 0.1) is 0 Å². The van der Waals surface area contributed by atoms with E-state index in [9.17, 15) is 5.11 Å². The van der Waals surface area contributed by atoms with Crippen LogP contribution in [0.1, 0.15) is 18.9 Å². The highest BCUT2D eigenvalue weighted by Crippen LogP contribution is 2.17. The zero-order valence-electron chi connectivity index (χ0n) is 8.42. The molecule has 0 radical (unpaired) electrons. The Morgan fingerprint density at radius 2 is 2.13 bits per heavy atom. The molecule has 0 aliphatic carbocycles. The van der Waals surface area contributed by atoms with Gasteiger partial charge in [0.1, 0.15) is 4.99 Å². The average Bonchev–Trinajstić information content (AvgIpc) is 2.58. The van der Waals surface area contributed by atoms with Crippen molar-refractivity contribution < 1.29 is 5.11 Å². The number of nitrogens with zero attached hydrogens (tertiary/aromatic N) is 2. The molecule has 1 aliphatic heterocycles. The highest BCUT2D eigenvalue weighted by atomic mass is 32.1. The SMILES string of the molecule is CC1=NN(C(=S)c2ccccc2)C(O)C1. The molecule has 1 heterocycles. The summed E-state index contributed by atoms with van der Waals surface area (Å²) in [7, 11) is 0. The molecule has 0 saturated carbocycles. The summed E-state index contributed by atoms with van der Waals surface area (Å²) in [5, 5.41) is 15.4. The number of aliphatic hydroxyl groups excluding tert-OH is 1. The second kappa shape index (κ2) is 4.08. The van der Waals surface area contributed by atoms with E-state index in [-0.39, 0.29) is 0 Å². The molecule has 1 aromatic rings. The van der Waals surface area contributed by atoms with Crippen LogP contribution >= 0.6 is 12.2 Å². The quantitative estimate of drug-likeness (QED) is 0.733. The smallest absolute Gasteiger partial charge is 0.153 e. The van der Waals surface area contributed by atoms with Crippen LogP contribution < -0.4 is 0 Å². The molecule has 1 aromatic carbocycles. The van der Waals surface area contributed by atoms with E-state index in [1.807, 2.05) is 37.3 Å². The van der Waals surface area contributed by atoms with Crippen LogP contribution in [-0.4, -0.2) is 27.0 Å². The molecule has 78 valence electrons. The van der Waals surface area contributed by atoms with Gasteiger partial charge in [0.25, 0.3) is 0 Å². The first-order chi connectivity index (χ1) is 7.18. The standard InChI is InChI=1S/C11H12N2OS/c1-8-7-10(14)13(12-8)11(15)9-5-3-2-4-6-9/h2-6,10,14H,7H2,1H3. The van der Waals surface area contributed by atoms with Crippen LogP contribution in [-0.2, 0) is 0 Å². The van der Waals surface area contributed by atoms with Gasteiger partial charge in [0.15, 0.2) is 6.23 Å². The monoisotopic (exact) mass is 220 g/mol. The summed E-state index contributed by atoms with van der Waals surface area (Å²) in [6, 6.07) is 9.60. The van der Waals surface area contributed by atoms with Gasteiger partial charge in [-0.05, 0) is 6.92 Å². The molecule has 0 spiro atoms. The minimum absolute atomic E-state index is 0.562. The molecule has 0 amide bonds. The van der Waals surface area contributed by atoms with E-state index in [0.717, 1.165) is 11.3 Å². The lowest BCUT2D eigenvalue weighted by molar-refractivity contribution is 0.0782. The fourth-order valence-electron chi connectivity index (χ4n) is 1.54. The second-order valence-electron chi connectivity index (χ2n) is 3.54. The molecular formula is C11H12N2OS. The summed E-state index contributed by atoms with van der Waals surface area (Å²) in [6.45, 7) is 1.89. The molecule has 1 atom stereocenters. The van der Waals surface area contributed by atoms with E-state index in [0.29, 0.717) is 11.4 Å². The van der Waals surface area contributed by atoms with Crippen molar-refractivity contribution in [3.05, 3.63) is 35.9 Å². The summed E-state index contributed by atoms with van der Waals surface area (Å²) in [4.78, 5) is 0.569. The number of aliphatic hydroxyl groups is 1. The van der Waals surface area contributed by atoms with E-state index >= 15 is 0 Å². The van der Waals surface area contributed by atoms with Crippen molar-refractivity contribution in [3.8, 4) is 0 Å². The van der Waals surface area contributed by atoms with Gasteiger partial charge in [-0.25, -0.2) is 5.01 Å². The number of benzene rings is 1. The Morgan fingerprint density at radius 3 is 2.67 bits per heavy atom. The van der Waals surface area contributed by atoms with E-state index in [1.165, 1.54) is 5.01 Å². The third-order valence-corrected chi connectivity index (χ3v) is 2.69. The molecule has 15 heavy (non-hydrogen) atoms. The summed E-state index contributed by atoms with van der Waals surface area (Å²) >= 11 is 5.27. The fraction of sp³-hybridized carbons (Fsp3) is 0.273. The van der Waals surface area contributed by atoms with E-state index in [4.69, 9.17) is 12.2 Å². The first-order valence-electron chi connectivity index (χ1n) is 4.79. The van der Waals surface area contributed by atoms with Gasteiger partial charge in [-0.15, -0.1) is 0 Å². The van der Waals surface area contributed by atoms with Crippen LogP contribution in [0.15, 0.2) is 35.4 Å². The Morgan fingerprint density at radius 1 is 1.47 bits per heavy atom. The lowest BCUT2D eigenvalue weighted by atomic mass is 10.2. The number of rotatable bonds is 1. The lowest BCUT2D eigenvalue weighted by Crippen LogP contribution is -2.31. The Labute approximate surface area is 94.0 Å². The van der Waals surface area contributed by atoms with Crippen molar-refractivity contribution in [2.75, 3.05) is 0 Å². The zero-order valence-corrected chi connectivity index (χ0v) is 9.24. The number of hydrazone groups is 1. The maximum atomic E-state index is 9.71. The Hall–Kier alpha value is -1.26. The first kappa shape index (κ1) is 10.3. The highest BCUT2D eigenvalue weighted by molar-refractivity contribution is 7.80. The molecule has 0 saturated heterocycles. The first-order valence-corrected chi connectivity index (χ1v) is 5.20. The lowest BCUT2D eigenvalue weighted by Gasteiger charge is -2.19. The summed E-state index contributed by atoms with van der Waals surface area (Å²) in [6.07, 6.45) is -0.0508. The van der Waals surface area contributed by atoms with Gasteiger partial charge in [-0.3, -0.25) is 0 Å². The molecule has 0 bridgehead atoms. The summed E-state index contributed by atoms with van der Waals surface area (Å²) in [5.74, 6) is 0. The zero-order chi connectivity index (χ0) is 10.8. The largest absolute Gasteiger partial charge is 0.371 e. The van der Waals surface area contributed by atoms with Gasteiger partial charge in [0.2, 0.25) is 0 Å². The maximum Gasteiger partial charge on any atom is 0.153 e. The normalized spacial score (nSPS) is 20.3. The second-order valence-corrected chi connectivity index (χ2v) is 3.92. The van der Waals surface area contributed by atoms with Crippen molar-refractivity contribution >= 4 is 22.9 Å². The molecule has 3 nitrogen and oxygen atoms in total. The molecule has 0 fully saturated rings. The number of thiocarbonyl (C=S) groups is 1. The van der Waals surface area contributed by atoms with Crippen LogP contribution in [0, 0.1) is 0 Å². The van der Waals surface area contributed by atoms with Gasteiger partial charge in [-0.2, -0.15) is 5.10 Å². The number of hydrogen-bond acceptors (Lipinski definition) is 3. The number of hydrogen-bond donors (Lipinski definition) is 1. The molecule has 2 rings (SSSR count). The van der Waals surface area contributed by atoms with Gasteiger partial charge in [-0.1, -0.05) is 42.5 Å². The molecular weight excluding hydrogens is 208 g/mol. The summed E-state index contributed by atoms with van der Waals surface area (Å²) < 4.78 is 0. The molecule has 4 heteroatoms. The predicted octanol–water partition coefficient (Wildman–Crippen LogP) is 1.76. The Kier molecular flexibility index (Phi) is 2.79. The van der Waals surface area contributed by atoms with Crippen LogP contribution in [0.3, 0.4) is 0 Å². The summed E-state index contributed by atoms with van der Waals surface area (Å²) in [5.41, 5.74) is 1.81. The van der Waals surface area contributed by atoms with Crippen LogP contribution in [0.2, 0.25) is 0 Å². The van der Waals surface area contributed by atoms with Crippen molar-refractivity contribution in [1.29, 1.82) is 0 Å².